The van der Waals surface area contributed by atoms with Crippen molar-refractivity contribution < 1.29 is 14.7 Å². The van der Waals surface area contributed by atoms with E-state index in [1.54, 1.807) is 30.0 Å². The summed E-state index contributed by atoms with van der Waals surface area (Å²) in [5.74, 6) is 0.943. The molecule has 138 valence electrons. The standard InChI is InChI=1S/C17H17ClN2O3S3/c18-11-3-1-2-10(6-11)7-14-16(23)20(17(24)26-14)5-4-15(22)19-12-8-25-9-13(12)21/h1-3,6-7,12-13,21H,4-5,8-9H2,(H,19,22)/b14-7+/t12-,13+/m0/s1. The maximum Gasteiger partial charge on any atom is 0.266 e. The molecule has 0 aromatic heterocycles. The fourth-order valence-electron chi connectivity index (χ4n) is 2.61. The van der Waals surface area contributed by atoms with Crippen molar-refractivity contribution in [1.29, 1.82) is 0 Å². The van der Waals surface area contributed by atoms with Crippen LogP contribution in [-0.2, 0) is 9.59 Å². The number of amides is 2. The Hall–Kier alpha value is -1.06. The molecule has 2 aliphatic rings. The van der Waals surface area contributed by atoms with Gasteiger partial charge in [0.05, 0.1) is 17.1 Å². The van der Waals surface area contributed by atoms with E-state index in [1.807, 2.05) is 12.1 Å². The monoisotopic (exact) mass is 428 g/mol. The van der Waals surface area contributed by atoms with Gasteiger partial charge in [-0.15, -0.1) is 0 Å². The molecule has 0 radical (unpaired) electrons. The predicted molar refractivity (Wildman–Crippen MR) is 111 cm³/mol. The van der Waals surface area contributed by atoms with Gasteiger partial charge >= 0.3 is 0 Å². The number of carbonyl (C=O) groups excluding carboxylic acids is 2. The number of nitrogens with zero attached hydrogens (tertiary/aromatic N) is 1. The number of hydrogen-bond acceptors (Lipinski definition) is 6. The van der Waals surface area contributed by atoms with Crippen molar-refractivity contribution in [3.63, 3.8) is 0 Å². The molecule has 0 aliphatic carbocycles. The first-order valence-electron chi connectivity index (χ1n) is 8.00. The van der Waals surface area contributed by atoms with Crippen LogP contribution in [0.2, 0.25) is 5.02 Å². The van der Waals surface area contributed by atoms with Crippen LogP contribution >= 0.6 is 47.3 Å². The third-order valence-corrected chi connectivity index (χ3v) is 6.76. The van der Waals surface area contributed by atoms with Crippen LogP contribution in [0.3, 0.4) is 0 Å². The molecule has 2 amide bonds. The van der Waals surface area contributed by atoms with Gasteiger partial charge in [0, 0.05) is 29.5 Å². The lowest BCUT2D eigenvalue weighted by Gasteiger charge is -2.18. The Bertz CT molecular complexity index is 771. The molecule has 9 heteroatoms. The molecule has 2 N–H and O–H groups in total. The Morgan fingerprint density at radius 2 is 2.27 bits per heavy atom. The van der Waals surface area contributed by atoms with E-state index in [0.29, 0.717) is 25.8 Å². The summed E-state index contributed by atoms with van der Waals surface area (Å²) in [6.07, 6.45) is 1.38. The van der Waals surface area contributed by atoms with E-state index in [9.17, 15) is 14.7 Å². The number of hydrogen-bond donors (Lipinski definition) is 2. The van der Waals surface area contributed by atoms with E-state index in [0.717, 1.165) is 5.56 Å². The summed E-state index contributed by atoms with van der Waals surface area (Å²) in [7, 11) is 0. The molecule has 1 aromatic carbocycles. The number of nitrogens with one attached hydrogen (secondary N) is 1. The van der Waals surface area contributed by atoms with Gasteiger partial charge in [-0.1, -0.05) is 47.7 Å². The van der Waals surface area contributed by atoms with E-state index in [-0.39, 0.29) is 30.8 Å². The molecule has 2 heterocycles. The van der Waals surface area contributed by atoms with Crippen LogP contribution in [0.4, 0.5) is 0 Å². The van der Waals surface area contributed by atoms with Crippen LogP contribution in [0.25, 0.3) is 6.08 Å². The highest BCUT2D eigenvalue weighted by atomic mass is 35.5. The molecule has 3 rings (SSSR count). The van der Waals surface area contributed by atoms with Gasteiger partial charge in [0.2, 0.25) is 5.91 Å². The van der Waals surface area contributed by atoms with Crippen LogP contribution in [0.5, 0.6) is 0 Å². The zero-order valence-corrected chi connectivity index (χ0v) is 16.9. The van der Waals surface area contributed by atoms with Gasteiger partial charge in [-0.25, -0.2) is 0 Å². The number of halogens is 1. The molecule has 0 unspecified atom stereocenters. The normalized spacial score (nSPS) is 24.5. The average Bonchev–Trinajstić information content (AvgIpc) is 3.10. The number of aliphatic hydroxyl groups is 1. The molecule has 26 heavy (non-hydrogen) atoms. The molecule has 5 nitrogen and oxygen atoms in total. The van der Waals surface area contributed by atoms with Gasteiger partial charge in [-0.3, -0.25) is 14.5 Å². The van der Waals surface area contributed by atoms with Crippen molar-refractivity contribution in [2.24, 2.45) is 0 Å². The lowest BCUT2D eigenvalue weighted by molar-refractivity contribution is -0.124. The molecule has 0 bridgehead atoms. The average molecular weight is 429 g/mol. The molecular formula is C17H17ClN2O3S3. The van der Waals surface area contributed by atoms with E-state index < -0.39 is 6.10 Å². The van der Waals surface area contributed by atoms with Crippen LogP contribution in [0, 0.1) is 0 Å². The van der Waals surface area contributed by atoms with Crippen molar-refractivity contribution in [3.05, 3.63) is 39.8 Å². The zero-order valence-electron chi connectivity index (χ0n) is 13.7. The summed E-state index contributed by atoms with van der Waals surface area (Å²) in [4.78, 5) is 26.6. The molecule has 2 aliphatic heterocycles. The summed E-state index contributed by atoms with van der Waals surface area (Å²) in [5, 5.41) is 13.2. The van der Waals surface area contributed by atoms with E-state index in [2.05, 4.69) is 5.32 Å². The maximum absolute atomic E-state index is 12.6. The van der Waals surface area contributed by atoms with Gasteiger partial charge in [0.15, 0.2) is 0 Å². The minimum absolute atomic E-state index is 0.144. The Labute approximate surface area is 170 Å². The Morgan fingerprint density at radius 1 is 1.46 bits per heavy atom. The third kappa shape index (κ3) is 4.80. The molecule has 2 saturated heterocycles. The minimum atomic E-state index is -0.513. The first-order valence-corrected chi connectivity index (χ1v) is 10.8. The van der Waals surface area contributed by atoms with Gasteiger partial charge in [-0.2, -0.15) is 11.8 Å². The number of benzene rings is 1. The Balaban J connectivity index is 1.58. The first kappa shape index (κ1) is 19.7. The SMILES string of the molecule is O=C(CCN1C(=O)/C(=C\c2cccc(Cl)c2)SC1=S)N[C@H]1CSC[C@H]1O. The van der Waals surface area contributed by atoms with E-state index in [1.165, 1.54) is 16.7 Å². The largest absolute Gasteiger partial charge is 0.390 e. The highest BCUT2D eigenvalue weighted by Crippen LogP contribution is 2.32. The van der Waals surface area contributed by atoms with Crippen molar-refractivity contribution >= 4 is 69.6 Å². The topological polar surface area (TPSA) is 69.6 Å². The molecule has 0 saturated carbocycles. The summed E-state index contributed by atoms with van der Waals surface area (Å²) < 4.78 is 0.438. The number of thioether (sulfide) groups is 2. The second-order valence-electron chi connectivity index (χ2n) is 5.92. The van der Waals surface area contributed by atoms with Crippen molar-refractivity contribution in [3.8, 4) is 0 Å². The van der Waals surface area contributed by atoms with Crippen molar-refractivity contribution in [1.82, 2.24) is 10.2 Å². The van der Waals surface area contributed by atoms with Gasteiger partial charge < -0.3 is 10.4 Å². The lowest BCUT2D eigenvalue weighted by atomic mass is 10.2. The lowest BCUT2D eigenvalue weighted by Crippen LogP contribution is -2.43. The van der Waals surface area contributed by atoms with Crippen molar-refractivity contribution in [2.75, 3.05) is 18.1 Å². The first-order chi connectivity index (χ1) is 12.4. The molecule has 2 fully saturated rings. The van der Waals surface area contributed by atoms with Gasteiger partial charge in [0.1, 0.15) is 4.32 Å². The van der Waals surface area contributed by atoms with Gasteiger partial charge in [0.25, 0.3) is 5.91 Å². The second-order valence-corrected chi connectivity index (χ2v) is 9.10. The van der Waals surface area contributed by atoms with Gasteiger partial charge in [-0.05, 0) is 23.8 Å². The number of thiocarbonyl (C=S) groups is 1. The summed E-state index contributed by atoms with van der Waals surface area (Å²) in [5.41, 5.74) is 0.823. The number of aliphatic hydroxyl groups excluding tert-OH is 1. The van der Waals surface area contributed by atoms with E-state index >= 15 is 0 Å². The summed E-state index contributed by atoms with van der Waals surface area (Å²) >= 11 is 14.1. The fraction of sp³-hybridized carbons (Fsp3) is 0.353. The van der Waals surface area contributed by atoms with Crippen LogP contribution < -0.4 is 5.32 Å². The third-order valence-electron chi connectivity index (χ3n) is 3.98. The molecular weight excluding hydrogens is 412 g/mol. The highest BCUT2D eigenvalue weighted by molar-refractivity contribution is 8.26. The van der Waals surface area contributed by atoms with Crippen LogP contribution in [0.1, 0.15) is 12.0 Å². The molecule has 1 aromatic rings. The Morgan fingerprint density at radius 3 is 2.96 bits per heavy atom. The van der Waals surface area contributed by atoms with Crippen molar-refractivity contribution in [2.45, 2.75) is 18.6 Å². The van der Waals surface area contributed by atoms with E-state index in [4.69, 9.17) is 23.8 Å². The quantitative estimate of drug-likeness (QED) is 0.554. The predicted octanol–water partition coefficient (Wildman–Crippen LogP) is 2.52. The minimum Gasteiger partial charge on any atom is -0.390 e. The second kappa shape index (κ2) is 8.75. The maximum atomic E-state index is 12.6. The zero-order chi connectivity index (χ0) is 18.7. The molecule has 2 atom stereocenters. The molecule has 0 spiro atoms. The number of carbonyl (C=O) groups is 2. The summed E-state index contributed by atoms with van der Waals surface area (Å²) in [6.45, 7) is 0.222. The van der Waals surface area contributed by atoms with Crippen LogP contribution in [-0.4, -0.2) is 56.3 Å². The number of rotatable bonds is 5. The fourth-order valence-corrected chi connectivity index (χ4v) is 5.29. The Kier molecular flexibility index (Phi) is 6.63. The highest BCUT2D eigenvalue weighted by Gasteiger charge is 2.33. The smallest absolute Gasteiger partial charge is 0.266 e. The summed E-state index contributed by atoms with van der Waals surface area (Å²) in [6, 6.07) is 6.99. The van der Waals surface area contributed by atoms with Crippen LogP contribution in [0.15, 0.2) is 29.2 Å².